The zero-order valence-corrected chi connectivity index (χ0v) is 17.4. The number of carboxylic acids is 1. The summed E-state index contributed by atoms with van der Waals surface area (Å²) >= 11 is 3.44. The van der Waals surface area contributed by atoms with Gasteiger partial charge in [-0.05, 0) is 64.8 Å². The van der Waals surface area contributed by atoms with Crippen molar-refractivity contribution in [2.75, 3.05) is 20.8 Å². The first-order valence-corrected chi connectivity index (χ1v) is 9.30. The molecular formula is C21H21BrO6. The van der Waals surface area contributed by atoms with Gasteiger partial charge < -0.3 is 19.3 Å². The number of carbonyl (C=O) groups excluding carboxylic acids is 1. The van der Waals surface area contributed by atoms with E-state index in [1.807, 2.05) is 13.0 Å². The number of hydrogen-bond donors (Lipinski definition) is 1. The van der Waals surface area contributed by atoms with Crippen LogP contribution in [0.25, 0.3) is 6.08 Å². The van der Waals surface area contributed by atoms with E-state index in [-0.39, 0.29) is 12.2 Å². The summed E-state index contributed by atoms with van der Waals surface area (Å²) in [5.74, 6) is 0.339. The summed E-state index contributed by atoms with van der Waals surface area (Å²) in [5, 5.41) is 9.03. The molecule has 148 valence electrons. The normalized spacial score (nSPS) is 10.7. The molecule has 1 N–H and O–H groups in total. The Hall–Kier alpha value is -2.80. The molecule has 0 aliphatic carbocycles. The standard InChI is InChI=1S/C21H21BrO6/c1-4-28-19-10-13(9-16(22)21(19)27-3)5-7-17(23)14-6-8-18(26-2)15(11-14)12-20(24)25/h5-11H,4,12H2,1-3H3,(H,24,25)/b7-5+. The minimum Gasteiger partial charge on any atom is -0.496 e. The van der Waals surface area contributed by atoms with Crippen LogP contribution in [0.3, 0.4) is 0 Å². The molecule has 0 saturated heterocycles. The molecule has 0 radical (unpaired) electrons. The molecule has 2 aromatic rings. The fraction of sp³-hybridized carbons (Fsp3) is 0.238. The molecule has 0 amide bonds. The largest absolute Gasteiger partial charge is 0.496 e. The van der Waals surface area contributed by atoms with Crippen molar-refractivity contribution in [3.8, 4) is 17.2 Å². The number of hydrogen-bond acceptors (Lipinski definition) is 5. The molecule has 0 atom stereocenters. The molecule has 28 heavy (non-hydrogen) atoms. The Kier molecular flexibility index (Phi) is 7.63. The second-order valence-corrected chi connectivity index (χ2v) is 6.62. The quantitative estimate of drug-likeness (QED) is 0.452. The third kappa shape index (κ3) is 5.36. The average Bonchev–Trinajstić information content (AvgIpc) is 2.65. The lowest BCUT2D eigenvalue weighted by molar-refractivity contribution is -0.136. The summed E-state index contributed by atoms with van der Waals surface area (Å²) in [7, 11) is 3.01. The van der Waals surface area contributed by atoms with E-state index in [1.54, 1.807) is 31.4 Å². The van der Waals surface area contributed by atoms with E-state index in [0.717, 1.165) is 5.56 Å². The van der Waals surface area contributed by atoms with E-state index in [1.165, 1.54) is 19.3 Å². The van der Waals surface area contributed by atoms with Gasteiger partial charge in [-0.3, -0.25) is 9.59 Å². The van der Waals surface area contributed by atoms with Gasteiger partial charge in [0, 0.05) is 11.1 Å². The summed E-state index contributed by atoms with van der Waals surface area (Å²) in [6.45, 7) is 2.35. The van der Waals surface area contributed by atoms with Gasteiger partial charge in [0.1, 0.15) is 5.75 Å². The Morgan fingerprint density at radius 2 is 1.86 bits per heavy atom. The van der Waals surface area contributed by atoms with Crippen LogP contribution in [0.5, 0.6) is 17.2 Å². The topological polar surface area (TPSA) is 82.1 Å². The van der Waals surface area contributed by atoms with Gasteiger partial charge in [-0.25, -0.2) is 0 Å². The lowest BCUT2D eigenvalue weighted by Crippen LogP contribution is -2.04. The number of carboxylic acid groups (broad SMARTS) is 1. The molecular weight excluding hydrogens is 428 g/mol. The van der Waals surface area contributed by atoms with Gasteiger partial charge in [-0.15, -0.1) is 0 Å². The van der Waals surface area contributed by atoms with Crippen LogP contribution >= 0.6 is 15.9 Å². The van der Waals surface area contributed by atoms with Gasteiger partial charge in [0.05, 0.1) is 31.7 Å². The Morgan fingerprint density at radius 3 is 2.46 bits per heavy atom. The van der Waals surface area contributed by atoms with Crippen molar-refractivity contribution in [2.45, 2.75) is 13.3 Å². The minimum atomic E-state index is -0.995. The minimum absolute atomic E-state index is 0.225. The van der Waals surface area contributed by atoms with Gasteiger partial charge >= 0.3 is 5.97 Å². The third-order valence-electron chi connectivity index (χ3n) is 3.87. The molecule has 6 nitrogen and oxygen atoms in total. The van der Waals surface area contributed by atoms with Gasteiger partial charge in [-0.1, -0.05) is 6.08 Å². The highest BCUT2D eigenvalue weighted by atomic mass is 79.9. The third-order valence-corrected chi connectivity index (χ3v) is 4.46. The number of rotatable bonds is 9. The number of carbonyl (C=O) groups is 2. The molecule has 0 fully saturated rings. The summed E-state index contributed by atoms with van der Waals surface area (Å²) < 4.78 is 16.8. The van der Waals surface area contributed by atoms with Crippen LogP contribution in [0, 0.1) is 0 Å². The smallest absolute Gasteiger partial charge is 0.307 e. The first-order valence-electron chi connectivity index (χ1n) is 8.51. The Balaban J connectivity index is 2.29. The number of allylic oxidation sites excluding steroid dienone is 1. The van der Waals surface area contributed by atoms with Crippen molar-refractivity contribution in [1.29, 1.82) is 0 Å². The summed E-state index contributed by atoms with van der Waals surface area (Å²) in [5.41, 5.74) is 1.58. The monoisotopic (exact) mass is 448 g/mol. The lowest BCUT2D eigenvalue weighted by Gasteiger charge is -2.12. The summed E-state index contributed by atoms with van der Waals surface area (Å²) in [4.78, 5) is 23.5. The van der Waals surface area contributed by atoms with Crippen molar-refractivity contribution < 1.29 is 28.9 Å². The van der Waals surface area contributed by atoms with E-state index in [2.05, 4.69) is 15.9 Å². The SMILES string of the molecule is CCOc1cc(/C=C/C(=O)c2ccc(OC)c(CC(=O)O)c2)cc(Br)c1OC. The van der Waals surface area contributed by atoms with Crippen LogP contribution < -0.4 is 14.2 Å². The maximum absolute atomic E-state index is 12.5. The Morgan fingerprint density at radius 1 is 1.11 bits per heavy atom. The van der Waals surface area contributed by atoms with E-state index >= 15 is 0 Å². The van der Waals surface area contributed by atoms with Crippen LogP contribution in [0.2, 0.25) is 0 Å². The molecule has 0 heterocycles. The second-order valence-electron chi connectivity index (χ2n) is 5.76. The fourth-order valence-electron chi connectivity index (χ4n) is 2.65. The predicted octanol–water partition coefficient (Wildman–Crippen LogP) is 4.39. The van der Waals surface area contributed by atoms with Gasteiger partial charge in [0.15, 0.2) is 17.3 Å². The first-order chi connectivity index (χ1) is 13.4. The summed E-state index contributed by atoms with van der Waals surface area (Å²) in [6, 6.07) is 8.33. The highest BCUT2D eigenvalue weighted by Gasteiger charge is 2.13. The van der Waals surface area contributed by atoms with Crippen LogP contribution in [-0.4, -0.2) is 37.7 Å². The van der Waals surface area contributed by atoms with Gasteiger partial charge in [0.2, 0.25) is 0 Å². The highest BCUT2D eigenvalue weighted by Crippen LogP contribution is 2.37. The Labute approximate surface area is 171 Å². The molecule has 2 aromatic carbocycles. The van der Waals surface area contributed by atoms with Crippen LogP contribution in [0.15, 0.2) is 40.9 Å². The van der Waals surface area contributed by atoms with Crippen LogP contribution in [0.4, 0.5) is 0 Å². The zero-order valence-electron chi connectivity index (χ0n) is 15.8. The van der Waals surface area contributed by atoms with E-state index in [4.69, 9.17) is 19.3 Å². The van der Waals surface area contributed by atoms with Crippen LogP contribution in [-0.2, 0) is 11.2 Å². The van der Waals surface area contributed by atoms with Crippen molar-refractivity contribution in [3.05, 3.63) is 57.6 Å². The molecule has 2 rings (SSSR count). The van der Waals surface area contributed by atoms with Crippen molar-refractivity contribution >= 4 is 33.8 Å². The maximum atomic E-state index is 12.5. The van der Waals surface area contributed by atoms with E-state index < -0.39 is 5.97 Å². The first kappa shape index (κ1) is 21.5. The zero-order chi connectivity index (χ0) is 20.7. The molecule has 0 spiro atoms. The molecule has 0 aliphatic rings. The maximum Gasteiger partial charge on any atom is 0.307 e. The fourth-order valence-corrected chi connectivity index (χ4v) is 3.27. The number of aliphatic carboxylic acids is 1. The lowest BCUT2D eigenvalue weighted by atomic mass is 10.0. The predicted molar refractivity (Wildman–Crippen MR) is 110 cm³/mol. The molecule has 7 heteroatoms. The second kappa shape index (κ2) is 9.94. The van der Waals surface area contributed by atoms with Crippen molar-refractivity contribution in [3.63, 3.8) is 0 Å². The van der Waals surface area contributed by atoms with Crippen LogP contribution in [0.1, 0.15) is 28.4 Å². The van der Waals surface area contributed by atoms with Crippen molar-refractivity contribution in [1.82, 2.24) is 0 Å². The number of ether oxygens (including phenoxy) is 3. The van der Waals surface area contributed by atoms with E-state index in [0.29, 0.717) is 39.5 Å². The van der Waals surface area contributed by atoms with Crippen molar-refractivity contribution in [2.24, 2.45) is 0 Å². The number of methoxy groups -OCH3 is 2. The molecule has 0 aliphatic heterocycles. The van der Waals surface area contributed by atoms with Gasteiger partial charge in [0.25, 0.3) is 0 Å². The van der Waals surface area contributed by atoms with Gasteiger partial charge in [-0.2, -0.15) is 0 Å². The summed E-state index contributed by atoms with van der Waals surface area (Å²) in [6.07, 6.45) is 2.86. The number of halogens is 1. The Bertz CT molecular complexity index is 904. The average molecular weight is 449 g/mol. The number of ketones is 1. The van der Waals surface area contributed by atoms with E-state index in [9.17, 15) is 9.59 Å². The molecule has 0 bridgehead atoms. The molecule has 0 saturated carbocycles. The molecule has 0 unspecified atom stereocenters. The number of benzene rings is 2. The molecule has 0 aromatic heterocycles. The highest BCUT2D eigenvalue weighted by molar-refractivity contribution is 9.10.